The van der Waals surface area contributed by atoms with Gasteiger partial charge in [-0.25, -0.2) is 0 Å². The zero-order valence-corrected chi connectivity index (χ0v) is 11.6. The molecule has 3 N–H and O–H groups in total. The van der Waals surface area contributed by atoms with Gasteiger partial charge in [0, 0.05) is 16.8 Å². The maximum atomic E-state index is 11.0. The molecule has 1 aromatic heterocycles. The van der Waals surface area contributed by atoms with Gasteiger partial charge in [-0.15, -0.1) is 11.3 Å². The molecule has 0 aliphatic heterocycles. The van der Waals surface area contributed by atoms with E-state index in [9.17, 15) is 4.79 Å². The van der Waals surface area contributed by atoms with Crippen LogP contribution in [0.15, 0.2) is 29.6 Å². The van der Waals surface area contributed by atoms with E-state index < -0.39 is 5.91 Å². The monoisotopic (exact) mass is 300 g/mol. The molecular formula is C12H10Cl2N2OS. The summed E-state index contributed by atoms with van der Waals surface area (Å²) in [5.41, 5.74) is 6.39. The van der Waals surface area contributed by atoms with Crippen molar-refractivity contribution >= 4 is 46.1 Å². The molecule has 0 atom stereocenters. The van der Waals surface area contributed by atoms with E-state index in [1.165, 1.54) is 11.3 Å². The predicted molar refractivity (Wildman–Crippen MR) is 76.6 cm³/mol. The SMILES string of the molecule is NC(=O)c1csc(CNc2c(Cl)cccc2Cl)c1. The zero-order valence-electron chi connectivity index (χ0n) is 9.24. The van der Waals surface area contributed by atoms with E-state index >= 15 is 0 Å². The summed E-state index contributed by atoms with van der Waals surface area (Å²) in [4.78, 5) is 11.9. The second-order valence-electron chi connectivity index (χ2n) is 3.62. The highest BCUT2D eigenvalue weighted by Gasteiger charge is 2.07. The number of rotatable bonds is 4. The molecule has 0 aliphatic carbocycles. The molecule has 94 valence electrons. The number of carbonyl (C=O) groups is 1. The number of anilines is 1. The van der Waals surface area contributed by atoms with Gasteiger partial charge >= 0.3 is 0 Å². The highest BCUT2D eigenvalue weighted by molar-refractivity contribution is 7.10. The first-order valence-corrected chi connectivity index (χ1v) is 6.76. The van der Waals surface area contributed by atoms with Crippen LogP contribution in [0.2, 0.25) is 10.0 Å². The minimum Gasteiger partial charge on any atom is -0.378 e. The molecule has 2 rings (SSSR count). The van der Waals surface area contributed by atoms with E-state index in [2.05, 4.69) is 5.32 Å². The van der Waals surface area contributed by atoms with Crippen molar-refractivity contribution in [2.24, 2.45) is 5.73 Å². The minimum absolute atomic E-state index is 0.423. The number of para-hydroxylation sites is 1. The molecule has 1 heterocycles. The van der Waals surface area contributed by atoms with E-state index in [0.29, 0.717) is 27.8 Å². The lowest BCUT2D eigenvalue weighted by Crippen LogP contribution is -2.09. The number of hydrogen-bond acceptors (Lipinski definition) is 3. The van der Waals surface area contributed by atoms with Crippen LogP contribution in [0.4, 0.5) is 5.69 Å². The van der Waals surface area contributed by atoms with Crippen LogP contribution in [0.3, 0.4) is 0 Å². The van der Waals surface area contributed by atoms with Crippen LogP contribution in [-0.2, 0) is 6.54 Å². The third-order valence-corrected chi connectivity index (χ3v) is 3.91. The van der Waals surface area contributed by atoms with Crippen molar-refractivity contribution in [2.75, 3.05) is 5.32 Å². The Hall–Kier alpha value is -1.23. The normalized spacial score (nSPS) is 10.3. The summed E-state index contributed by atoms with van der Waals surface area (Å²) in [5, 5.41) is 6.00. The van der Waals surface area contributed by atoms with Crippen molar-refractivity contribution in [3.8, 4) is 0 Å². The van der Waals surface area contributed by atoms with Crippen LogP contribution >= 0.6 is 34.5 Å². The molecule has 1 aromatic carbocycles. The summed E-state index contributed by atoms with van der Waals surface area (Å²) in [5.74, 6) is -0.423. The lowest BCUT2D eigenvalue weighted by Gasteiger charge is -2.08. The van der Waals surface area contributed by atoms with Gasteiger partial charge in [0.25, 0.3) is 0 Å². The number of benzene rings is 1. The van der Waals surface area contributed by atoms with Crippen molar-refractivity contribution in [1.29, 1.82) is 0 Å². The number of nitrogens with one attached hydrogen (secondary N) is 1. The van der Waals surface area contributed by atoms with Crippen molar-refractivity contribution < 1.29 is 4.79 Å². The van der Waals surface area contributed by atoms with E-state index in [0.717, 1.165) is 4.88 Å². The Labute approximate surface area is 119 Å². The summed E-state index contributed by atoms with van der Waals surface area (Å²) in [6.45, 7) is 0.543. The topological polar surface area (TPSA) is 55.1 Å². The van der Waals surface area contributed by atoms with Crippen molar-refractivity contribution in [3.05, 3.63) is 50.1 Å². The van der Waals surface area contributed by atoms with Crippen LogP contribution in [0.1, 0.15) is 15.2 Å². The van der Waals surface area contributed by atoms with Crippen LogP contribution < -0.4 is 11.1 Å². The molecule has 18 heavy (non-hydrogen) atoms. The van der Waals surface area contributed by atoms with Gasteiger partial charge in [0.15, 0.2) is 0 Å². The molecule has 1 amide bonds. The predicted octanol–water partition coefficient (Wildman–Crippen LogP) is 3.77. The third-order valence-electron chi connectivity index (χ3n) is 2.34. The molecule has 0 radical (unpaired) electrons. The molecule has 0 spiro atoms. The molecule has 0 unspecified atom stereocenters. The Balaban J connectivity index is 2.09. The highest BCUT2D eigenvalue weighted by Crippen LogP contribution is 2.30. The third kappa shape index (κ3) is 2.96. The van der Waals surface area contributed by atoms with Gasteiger partial charge in [0.05, 0.1) is 21.3 Å². The summed E-state index contributed by atoms with van der Waals surface area (Å²) < 4.78 is 0. The standard InChI is InChI=1S/C12H10Cl2N2OS/c13-9-2-1-3-10(14)11(9)16-5-8-4-7(6-18-8)12(15)17/h1-4,6,16H,5H2,(H2,15,17). The number of nitrogens with two attached hydrogens (primary N) is 1. The second kappa shape index (κ2) is 5.61. The van der Waals surface area contributed by atoms with Gasteiger partial charge in [-0.05, 0) is 18.2 Å². The number of primary amides is 1. The van der Waals surface area contributed by atoms with E-state index in [-0.39, 0.29) is 0 Å². The van der Waals surface area contributed by atoms with E-state index in [4.69, 9.17) is 28.9 Å². The second-order valence-corrected chi connectivity index (χ2v) is 5.43. The Morgan fingerprint density at radius 3 is 2.56 bits per heavy atom. The van der Waals surface area contributed by atoms with Crippen molar-refractivity contribution in [1.82, 2.24) is 0 Å². The number of halogens is 2. The Kier molecular flexibility index (Phi) is 4.11. The molecule has 0 saturated heterocycles. The lowest BCUT2D eigenvalue weighted by atomic mass is 10.3. The smallest absolute Gasteiger partial charge is 0.249 e. The van der Waals surface area contributed by atoms with E-state index in [1.54, 1.807) is 29.6 Å². The van der Waals surface area contributed by atoms with Crippen LogP contribution in [0, 0.1) is 0 Å². The quantitative estimate of drug-likeness (QED) is 0.903. The molecular weight excluding hydrogens is 291 g/mol. The number of amides is 1. The van der Waals surface area contributed by atoms with Gasteiger partial charge in [-0.1, -0.05) is 29.3 Å². The lowest BCUT2D eigenvalue weighted by molar-refractivity contribution is 0.100. The van der Waals surface area contributed by atoms with Crippen LogP contribution in [-0.4, -0.2) is 5.91 Å². The van der Waals surface area contributed by atoms with Gasteiger partial charge in [0.2, 0.25) is 5.91 Å². The van der Waals surface area contributed by atoms with Crippen molar-refractivity contribution in [2.45, 2.75) is 6.54 Å². The minimum atomic E-state index is -0.423. The first-order chi connectivity index (χ1) is 8.58. The van der Waals surface area contributed by atoms with Crippen LogP contribution in [0.25, 0.3) is 0 Å². The zero-order chi connectivity index (χ0) is 13.1. The number of carbonyl (C=O) groups excluding carboxylic acids is 1. The average molecular weight is 301 g/mol. The summed E-state index contributed by atoms with van der Waals surface area (Å²) >= 11 is 13.5. The molecule has 2 aromatic rings. The molecule has 0 aliphatic rings. The Morgan fingerprint density at radius 2 is 2.00 bits per heavy atom. The average Bonchev–Trinajstić information content (AvgIpc) is 2.77. The summed E-state index contributed by atoms with van der Waals surface area (Å²) in [6, 6.07) is 7.06. The first-order valence-electron chi connectivity index (χ1n) is 5.13. The van der Waals surface area contributed by atoms with Gasteiger partial charge in [0.1, 0.15) is 0 Å². The van der Waals surface area contributed by atoms with Gasteiger partial charge in [-0.3, -0.25) is 4.79 Å². The molecule has 6 heteroatoms. The summed E-state index contributed by atoms with van der Waals surface area (Å²) in [6.07, 6.45) is 0. The fraction of sp³-hybridized carbons (Fsp3) is 0.0833. The molecule has 3 nitrogen and oxygen atoms in total. The molecule has 0 fully saturated rings. The molecule has 0 saturated carbocycles. The highest BCUT2D eigenvalue weighted by atomic mass is 35.5. The van der Waals surface area contributed by atoms with Crippen LogP contribution in [0.5, 0.6) is 0 Å². The largest absolute Gasteiger partial charge is 0.378 e. The summed E-state index contributed by atoms with van der Waals surface area (Å²) in [7, 11) is 0. The van der Waals surface area contributed by atoms with E-state index in [1.807, 2.05) is 0 Å². The fourth-order valence-electron chi connectivity index (χ4n) is 1.44. The molecule has 0 bridgehead atoms. The van der Waals surface area contributed by atoms with Gasteiger partial charge in [-0.2, -0.15) is 0 Å². The number of hydrogen-bond donors (Lipinski definition) is 2. The Bertz CT molecular complexity index is 563. The maximum absolute atomic E-state index is 11.0. The maximum Gasteiger partial charge on any atom is 0.249 e. The van der Waals surface area contributed by atoms with Gasteiger partial charge < -0.3 is 11.1 Å². The first kappa shape index (κ1) is 13.2. The van der Waals surface area contributed by atoms with Crippen molar-refractivity contribution in [3.63, 3.8) is 0 Å². The fourth-order valence-corrected chi connectivity index (χ4v) is 2.79. The number of thiophene rings is 1. The Morgan fingerprint density at radius 1 is 1.33 bits per heavy atom.